The van der Waals surface area contributed by atoms with Gasteiger partial charge in [-0.3, -0.25) is 0 Å². The Balaban J connectivity index is 2.47. The number of nitrogens with two attached hydrogens (primary N) is 1. The summed E-state index contributed by atoms with van der Waals surface area (Å²) in [5.41, 5.74) is 8.38. The van der Waals surface area contributed by atoms with Gasteiger partial charge in [0.2, 0.25) is 0 Å². The lowest BCUT2D eigenvalue weighted by Gasteiger charge is -2.06. The van der Waals surface area contributed by atoms with Crippen LogP contribution in [0.1, 0.15) is 17.2 Å². The molecule has 1 aromatic carbocycles. The fourth-order valence-corrected chi connectivity index (χ4v) is 1.88. The minimum absolute atomic E-state index is 0.0351. The summed E-state index contributed by atoms with van der Waals surface area (Å²) in [5.74, 6) is 0. The van der Waals surface area contributed by atoms with Crippen LogP contribution < -0.4 is 5.73 Å². The number of hydrogen-bond donors (Lipinski definition) is 1. The van der Waals surface area contributed by atoms with E-state index in [9.17, 15) is 0 Å². The van der Waals surface area contributed by atoms with Gasteiger partial charge in [-0.15, -0.1) is 11.6 Å². The molecule has 1 aromatic rings. The molecule has 0 heterocycles. The first-order valence-electron chi connectivity index (χ1n) is 3.76. The van der Waals surface area contributed by atoms with Crippen LogP contribution in [0.4, 0.5) is 0 Å². The second-order valence-electron chi connectivity index (χ2n) is 2.94. The Morgan fingerprint density at radius 2 is 2.09 bits per heavy atom. The lowest BCUT2D eigenvalue weighted by atomic mass is 10.1. The van der Waals surface area contributed by atoms with Crippen molar-refractivity contribution in [3.8, 4) is 0 Å². The van der Waals surface area contributed by atoms with E-state index < -0.39 is 0 Å². The highest BCUT2D eigenvalue weighted by Crippen LogP contribution is 2.32. The maximum atomic E-state index is 6.00. The summed E-state index contributed by atoms with van der Waals surface area (Å²) in [6.07, 6.45) is 0.916. The summed E-state index contributed by atoms with van der Waals surface area (Å²) >= 11 is 6.00. The van der Waals surface area contributed by atoms with E-state index in [4.69, 9.17) is 17.3 Å². The third kappa shape index (κ3) is 1.05. The largest absolute Gasteiger partial charge is 0.323 e. The van der Waals surface area contributed by atoms with Crippen molar-refractivity contribution < 1.29 is 0 Å². The molecule has 0 radical (unpaired) electrons. The Bertz CT molecular complexity index is 272. The highest BCUT2D eigenvalue weighted by atomic mass is 35.5. The SMILES string of the molecule is NC1c2ccccc2CC1Cl. The zero-order chi connectivity index (χ0) is 7.84. The molecule has 2 unspecified atom stereocenters. The quantitative estimate of drug-likeness (QED) is 0.587. The molecular formula is C9H10ClN. The van der Waals surface area contributed by atoms with Gasteiger partial charge in [0.15, 0.2) is 0 Å². The van der Waals surface area contributed by atoms with Gasteiger partial charge in [-0.2, -0.15) is 0 Å². The Hall–Kier alpha value is -0.530. The second-order valence-corrected chi connectivity index (χ2v) is 3.51. The van der Waals surface area contributed by atoms with Gasteiger partial charge in [0.05, 0.1) is 5.38 Å². The fourth-order valence-electron chi connectivity index (χ4n) is 1.58. The first kappa shape index (κ1) is 7.14. The number of rotatable bonds is 0. The van der Waals surface area contributed by atoms with Crippen molar-refractivity contribution >= 4 is 11.6 Å². The van der Waals surface area contributed by atoms with Gasteiger partial charge >= 0.3 is 0 Å². The summed E-state index contributed by atoms with van der Waals surface area (Å²) in [4.78, 5) is 0. The molecule has 11 heavy (non-hydrogen) atoms. The van der Waals surface area contributed by atoms with Crippen LogP contribution in [0.15, 0.2) is 24.3 Å². The van der Waals surface area contributed by atoms with Crippen LogP contribution in [0.2, 0.25) is 0 Å². The van der Waals surface area contributed by atoms with Crippen molar-refractivity contribution in [2.75, 3.05) is 0 Å². The number of halogens is 1. The molecule has 2 atom stereocenters. The summed E-state index contributed by atoms with van der Waals surface area (Å²) in [7, 11) is 0. The maximum Gasteiger partial charge on any atom is 0.0569 e. The summed E-state index contributed by atoms with van der Waals surface area (Å²) in [6.45, 7) is 0. The predicted octanol–water partition coefficient (Wildman–Crippen LogP) is 1.85. The highest BCUT2D eigenvalue weighted by molar-refractivity contribution is 6.21. The molecule has 2 rings (SSSR count). The molecule has 0 aromatic heterocycles. The Morgan fingerprint density at radius 3 is 2.82 bits per heavy atom. The van der Waals surface area contributed by atoms with Crippen molar-refractivity contribution in [2.45, 2.75) is 17.8 Å². The first-order chi connectivity index (χ1) is 5.29. The number of benzene rings is 1. The van der Waals surface area contributed by atoms with Crippen molar-refractivity contribution in [2.24, 2.45) is 5.73 Å². The van der Waals surface area contributed by atoms with Crippen LogP contribution in [0.5, 0.6) is 0 Å². The van der Waals surface area contributed by atoms with Crippen molar-refractivity contribution in [3.63, 3.8) is 0 Å². The van der Waals surface area contributed by atoms with Gasteiger partial charge in [0.1, 0.15) is 0 Å². The topological polar surface area (TPSA) is 26.0 Å². The van der Waals surface area contributed by atoms with E-state index in [1.54, 1.807) is 0 Å². The molecule has 0 saturated heterocycles. The molecule has 0 bridgehead atoms. The van der Waals surface area contributed by atoms with Crippen molar-refractivity contribution in [1.29, 1.82) is 0 Å². The lowest BCUT2D eigenvalue weighted by molar-refractivity contribution is 0.723. The third-order valence-corrected chi connectivity index (χ3v) is 2.64. The molecule has 58 valence electrons. The number of hydrogen-bond acceptors (Lipinski definition) is 1. The maximum absolute atomic E-state index is 6.00. The molecule has 0 spiro atoms. The van der Waals surface area contributed by atoms with E-state index >= 15 is 0 Å². The number of fused-ring (bicyclic) bond motifs is 1. The molecule has 0 amide bonds. The molecule has 0 aliphatic heterocycles. The van der Waals surface area contributed by atoms with Crippen LogP contribution >= 0.6 is 11.6 Å². The Kier molecular flexibility index (Phi) is 1.63. The van der Waals surface area contributed by atoms with Crippen LogP contribution in [0.3, 0.4) is 0 Å². The Labute approximate surface area is 71.2 Å². The molecule has 0 saturated carbocycles. The standard InChI is InChI=1S/C9H10ClN/c10-8-5-6-3-1-2-4-7(6)9(8)11/h1-4,8-9H,5,11H2. The minimum Gasteiger partial charge on any atom is -0.323 e. The third-order valence-electron chi connectivity index (χ3n) is 2.22. The molecule has 1 aliphatic rings. The smallest absolute Gasteiger partial charge is 0.0569 e. The number of alkyl halides is 1. The van der Waals surface area contributed by atoms with Crippen molar-refractivity contribution in [1.82, 2.24) is 0 Å². The predicted molar refractivity (Wildman–Crippen MR) is 46.7 cm³/mol. The van der Waals surface area contributed by atoms with Gasteiger partial charge in [-0.25, -0.2) is 0 Å². The van der Waals surface area contributed by atoms with E-state index in [-0.39, 0.29) is 11.4 Å². The molecule has 1 nitrogen and oxygen atoms in total. The molecule has 2 N–H and O–H groups in total. The van der Waals surface area contributed by atoms with Crippen LogP contribution in [-0.2, 0) is 6.42 Å². The normalized spacial score (nSPS) is 28.5. The average Bonchev–Trinajstić information content (AvgIpc) is 2.30. The van der Waals surface area contributed by atoms with E-state index in [2.05, 4.69) is 12.1 Å². The zero-order valence-electron chi connectivity index (χ0n) is 6.13. The van der Waals surface area contributed by atoms with Crippen molar-refractivity contribution in [3.05, 3.63) is 35.4 Å². The minimum atomic E-state index is 0.0351. The second kappa shape index (κ2) is 2.50. The summed E-state index contributed by atoms with van der Waals surface area (Å²) < 4.78 is 0. The lowest BCUT2D eigenvalue weighted by Crippen LogP contribution is -2.16. The van der Waals surface area contributed by atoms with Gasteiger partial charge in [-0.05, 0) is 17.5 Å². The van der Waals surface area contributed by atoms with Crippen LogP contribution in [0.25, 0.3) is 0 Å². The van der Waals surface area contributed by atoms with E-state index in [1.807, 2.05) is 12.1 Å². The molecule has 1 aliphatic carbocycles. The highest BCUT2D eigenvalue weighted by Gasteiger charge is 2.26. The van der Waals surface area contributed by atoms with E-state index in [1.165, 1.54) is 11.1 Å². The Morgan fingerprint density at radius 1 is 1.36 bits per heavy atom. The van der Waals surface area contributed by atoms with Crippen LogP contribution in [-0.4, -0.2) is 5.38 Å². The van der Waals surface area contributed by atoms with E-state index in [0.717, 1.165) is 6.42 Å². The molecule has 0 fully saturated rings. The first-order valence-corrected chi connectivity index (χ1v) is 4.20. The summed E-state index contributed by atoms with van der Waals surface area (Å²) in [6, 6.07) is 8.22. The molecule has 2 heteroatoms. The average molecular weight is 168 g/mol. The van der Waals surface area contributed by atoms with Crippen LogP contribution in [0, 0.1) is 0 Å². The van der Waals surface area contributed by atoms with Gasteiger partial charge in [0.25, 0.3) is 0 Å². The van der Waals surface area contributed by atoms with E-state index in [0.29, 0.717) is 0 Å². The van der Waals surface area contributed by atoms with Gasteiger partial charge in [0, 0.05) is 6.04 Å². The summed E-state index contributed by atoms with van der Waals surface area (Å²) in [5, 5.41) is 0.0902. The monoisotopic (exact) mass is 167 g/mol. The van der Waals surface area contributed by atoms with Gasteiger partial charge < -0.3 is 5.73 Å². The van der Waals surface area contributed by atoms with Gasteiger partial charge in [-0.1, -0.05) is 24.3 Å². The molecular weight excluding hydrogens is 158 g/mol. The fraction of sp³-hybridized carbons (Fsp3) is 0.333. The zero-order valence-corrected chi connectivity index (χ0v) is 6.88.